The van der Waals surface area contributed by atoms with Gasteiger partial charge in [-0.25, -0.2) is 4.98 Å². The largest absolute Gasteiger partial charge is 0.508 e. The Bertz CT molecular complexity index is 843. The number of phenolic OH excluding ortho intramolecular Hbond substituents is 1. The second-order valence-electron chi connectivity index (χ2n) is 4.96. The molecule has 0 aliphatic carbocycles. The number of benzene rings is 1. The fourth-order valence-corrected chi connectivity index (χ4v) is 2.44. The van der Waals surface area contributed by atoms with Crippen LogP contribution in [-0.4, -0.2) is 15.1 Å². The predicted octanol–water partition coefficient (Wildman–Crippen LogP) is 4.52. The van der Waals surface area contributed by atoms with Gasteiger partial charge in [-0.2, -0.15) is 0 Å². The van der Waals surface area contributed by atoms with E-state index >= 15 is 0 Å². The Kier molecular flexibility index (Phi) is 3.32. The number of aromatic amines is 1. The average molecular weight is 276 g/mol. The van der Waals surface area contributed by atoms with Gasteiger partial charge in [0.1, 0.15) is 11.4 Å². The monoisotopic (exact) mass is 276 g/mol. The number of hydrogen-bond acceptors (Lipinski definition) is 2. The van der Waals surface area contributed by atoms with Crippen molar-refractivity contribution in [2.24, 2.45) is 0 Å². The minimum Gasteiger partial charge on any atom is -0.508 e. The van der Waals surface area contributed by atoms with Crippen molar-refractivity contribution in [2.45, 2.75) is 6.92 Å². The molecule has 1 aromatic carbocycles. The quantitative estimate of drug-likeness (QED) is 0.691. The van der Waals surface area contributed by atoms with Gasteiger partial charge >= 0.3 is 0 Å². The number of fused-ring (bicyclic) bond motifs is 1. The fourth-order valence-electron chi connectivity index (χ4n) is 2.44. The summed E-state index contributed by atoms with van der Waals surface area (Å²) in [6, 6.07) is 9.27. The van der Waals surface area contributed by atoms with Crippen molar-refractivity contribution in [1.29, 1.82) is 0 Å². The fraction of sp³-hybridized carbons (Fsp3) is 0.0556. The van der Waals surface area contributed by atoms with Crippen molar-refractivity contribution >= 4 is 16.6 Å². The molecule has 104 valence electrons. The zero-order valence-electron chi connectivity index (χ0n) is 11.8. The Labute approximate surface area is 123 Å². The van der Waals surface area contributed by atoms with Gasteiger partial charge in [0, 0.05) is 28.9 Å². The van der Waals surface area contributed by atoms with Crippen LogP contribution in [0.4, 0.5) is 0 Å². The van der Waals surface area contributed by atoms with Crippen molar-refractivity contribution in [3.05, 3.63) is 67.0 Å². The summed E-state index contributed by atoms with van der Waals surface area (Å²) < 4.78 is 0. The molecule has 0 unspecified atom stereocenters. The number of nitrogens with one attached hydrogen (secondary N) is 1. The van der Waals surface area contributed by atoms with Gasteiger partial charge in [-0.1, -0.05) is 30.9 Å². The van der Waals surface area contributed by atoms with Gasteiger partial charge in [-0.3, -0.25) is 0 Å². The third kappa shape index (κ3) is 2.46. The second-order valence-corrected chi connectivity index (χ2v) is 4.96. The van der Waals surface area contributed by atoms with Crippen LogP contribution in [0.5, 0.6) is 5.75 Å². The number of pyridine rings is 1. The molecule has 0 aliphatic heterocycles. The highest BCUT2D eigenvalue weighted by molar-refractivity contribution is 5.92. The molecule has 2 heterocycles. The summed E-state index contributed by atoms with van der Waals surface area (Å²) in [6.07, 6.45) is 7.52. The average Bonchev–Trinajstić information content (AvgIpc) is 2.90. The van der Waals surface area contributed by atoms with Gasteiger partial charge in [0.15, 0.2) is 0 Å². The van der Waals surface area contributed by atoms with Crippen molar-refractivity contribution in [2.75, 3.05) is 0 Å². The highest BCUT2D eigenvalue weighted by atomic mass is 16.3. The Morgan fingerprint density at radius 3 is 2.90 bits per heavy atom. The molecular weight excluding hydrogens is 260 g/mol. The molecule has 2 aromatic heterocycles. The number of H-pyrrole nitrogens is 1. The SMILES string of the molecule is C=C/C=C(\C)c1c[nH]c2ncc(-c3cccc(O)c3)cc12. The van der Waals surface area contributed by atoms with Gasteiger partial charge in [-0.15, -0.1) is 0 Å². The first-order chi connectivity index (χ1) is 10.2. The van der Waals surface area contributed by atoms with Crippen LogP contribution in [0.3, 0.4) is 0 Å². The first kappa shape index (κ1) is 13.2. The highest BCUT2D eigenvalue weighted by Crippen LogP contribution is 2.29. The van der Waals surface area contributed by atoms with Crippen molar-refractivity contribution in [3.8, 4) is 16.9 Å². The summed E-state index contributed by atoms with van der Waals surface area (Å²) in [6.45, 7) is 5.78. The maximum atomic E-state index is 9.61. The highest BCUT2D eigenvalue weighted by Gasteiger charge is 2.08. The summed E-state index contributed by atoms with van der Waals surface area (Å²) >= 11 is 0. The number of rotatable bonds is 3. The van der Waals surface area contributed by atoms with Gasteiger partial charge < -0.3 is 10.1 Å². The van der Waals surface area contributed by atoms with Crippen molar-refractivity contribution in [1.82, 2.24) is 9.97 Å². The standard InChI is InChI=1S/C18H16N2O/c1-3-5-12(2)17-11-20-18-16(17)9-14(10-19-18)13-6-4-7-15(21)8-13/h3-11,21H,1H2,2H3,(H,19,20)/b12-5+. The van der Waals surface area contributed by atoms with Crippen molar-refractivity contribution < 1.29 is 5.11 Å². The molecule has 2 N–H and O–H groups in total. The van der Waals surface area contributed by atoms with E-state index in [-0.39, 0.29) is 5.75 Å². The topological polar surface area (TPSA) is 48.9 Å². The normalized spacial score (nSPS) is 11.8. The minimum absolute atomic E-state index is 0.254. The van der Waals surface area contributed by atoms with E-state index in [1.165, 1.54) is 0 Å². The Balaban J connectivity index is 2.17. The molecule has 0 bridgehead atoms. The first-order valence-electron chi connectivity index (χ1n) is 6.75. The van der Waals surface area contributed by atoms with E-state index in [0.29, 0.717) is 0 Å². The van der Waals surface area contributed by atoms with Crippen molar-refractivity contribution in [3.63, 3.8) is 0 Å². The summed E-state index contributed by atoms with van der Waals surface area (Å²) in [5, 5.41) is 10.7. The lowest BCUT2D eigenvalue weighted by molar-refractivity contribution is 0.475. The zero-order valence-corrected chi connectivity index (χ0v) is 11.8. The molecule has 0 saturated carbocycles. The molecule has 0 spiro atoms. The Morgan fingerprint density at radius 1 is 1.29 bits per heavy atom. The first-order valence-corrected chi connectivity index (χ1v) is 6.75. The van der Waals surface area contributed by atoms with Crippen LogP contribution in [0.2, 0.25) is 0 Å². The number of hydrogen-bond donors (Lipinski definition) is 2. The van der Waals surface area contributed by atoms with E-state index in [9.17, 15) is 5.11 Å². The number of allylic oxidation sites excluding steroid dienone is 3. The smallest absolute Gasteiger partial charge is 0.137 e. The van der Waals surface area contributed by atoms with Gasteiger partial charge in [0.05, 0.1) is 0 Å². The molecule has 0 fully saturated rings. The summed E-state index contributed by atoms with van der Waals surface area (Å²) in [7, 11) is 0. The third-order valence-corrected chi connectivity index (χ3v) is 3.50. The molecule has 3 heteroatoms. The molecule has 0 atom stereocenters. The van der Waals surface area contributed by atoms with Gasteiger partial charge in [0.2, 0.25) is 0 Å². The molecule has 3 nitrogen and oxygen atoms in total. The molecular formula is C18H16N2O. The van der Waals surface area contributed by atoms with Crippen LogP contribution in [0, 0.1) is 0 Å². The predicted molar refractivity (Wildman–Crippen MR) is 87.0 cm³/mol. The summed E-state index contributed by atoms with van der Waals surface area (Å²) in [5.74, 6) is 0.254. The number of aromatic nitrogens is 2. The Hall–Kier alpha value is -2.81. The van der Waals surface area contributed by atoms with Gasteiger partial charge in [-0.05, 0) is 36.3 Å². The summed E-state index contributed by atoms with van der Waals surface area (Å²) in [5.41, 5.74) is 5.02. The van der Waals surface area contributed by atoms with Crippen LogP contribution >= 0.6 is 0 Å². The zero-order chi connectivity index (χ0) is 14.8. The lowest BCUT2D eigenvalue weighted by Crippen LogP contribution is -1.83. The number of nitrogens with zero attached hydrogens (tertiary/aromatic N) is 1. The third-order valence-electron chi connectivity index (χ3n) is 3.50. The molecule has 3 aromatic rings. The molecule has 3 rings (SSSR count). The number of aromatic hydroxyl groups is 1. The lowest BCUT2D eigenvalue weighted by Gasteiger charge is -2.04. The maximum absolute atomic E-state index is 9.61. The van der Waals surface area contributed by atoms with Crippen LogP contribution < -0.4 is 0 Å². The van der Waals surface area contributed by atoms with E-state index in [2.05, 4.69) is 22.6 Å². The Morgan fingerprint density at radius 2 is 2.14 bits per heavy atom. The lowest BCUT2D eigenvalue weighted by atomic mass is 10.0. The van der Waals surface area contributed by atoms with E-state index in [4.69, 9.17) is 0 Å². The van der Waals surface area contributed by atoms with E-state index in [1.54, 1.807) is 18.2 Å². The van der Waals surface area contributed by atoms with Crippen LogP contribution in [-0.2, 0) is 0 Å². The van der Waals surface area contributed by atoms with E-state index in [1.807, 2.05) is 37.5 Å². The molecule has 0 radical (unpaired) electrons. The summed E-state index contributed by atoms with van der Waals surface area (Å²) in [4.78, 5) is 7.64. The minimum atomic E-state index is 0.254. The second kappa shape index (κ2) is 5.29. The van der Waals surface area contributed by atoms with Gasteiger partial charge in [0.25, 0.3) is 0 Å². The molecule has 0 saturated heterocycles. The molecule has 21 heavy (non-hydrogen) atoms. The van der Waals surface area contributed by atoms with E-state index < -0.39 is 0 Å². The number of phenols is 1. The van der Waals surface area contributed by atoms with Crippen LogP contribution in [0.25, 0.3) is 27.7 Å². The maximum Gasteiger partial charge on any atom is 0.137 e. The molecule has 0 amide bonds. The van der Waals surface area contributed by atoms with Crippen LogP contribution in [0.1, 0.15) is 12.5 Å². The van der Waals surface area contributed by atoms with E-state index in [0.717, 1.165) is 33.3 Å². The molecule has 0 aliphatic rings. The van der Waals surface area contributed by atoms with Crippen LogP contribution in [0.15, 0.2) is 61.5 Å².